The van der Waals surface area contributed by atoms with Crippen LogP contribution in [0.15, 0.2) is 213 Å². The lowest BCUT2D eigenvalue weighted by atomic mass is 9.81. The summed E-state index contributed by atoms with van der Waals surface area (Å²) in [6.45, 7) is 4.80. The average molecular weight is 868 g/mol. The van der Waals surface area contributed by atoms with Gasteiger partial charge in [0.15, 0.2) is 0 Å². The van der Waals surface area contributed by atoms with Gasteiger partial charge in [-0.25, -0.2) is 9.97 Å². The second-order valence-corrected chi connectivity index (χ2v) is 19.0. The van der Waals surface area contributed by atoms with Gasteiger partial charge in [0, 0.05) is 55.5 Å². The molecule has 5 heterocycles. The minimum absolute atomic E-state index is 0.225. The first-order valence-electron chi connectivity index (χ1n) is 23.5. The van der Waals surface area contributed by atoms with Crippen LogP contribution in [0.3, 0.4) is 0 Å². The van der Waals surface area contributed by atoms with Crippen molar-refractivity contribution >= 4 is 87.0 Å². The van der Waals surface area contributed by atoms with Crippen molar-refractivity contribution in [2.45, 2.75) is 19.3 Å². The first kappa shape index (κ1) is 37.4. The maximum Gasteiger partial charge on any atom is 0.137 e. The van der Waals surface area contributed by atoms with Gasteiger partial charge < -0.3 is 4.57 Å². The third kappa shape index (κ3) is 5.05. The Morgan fingerprint density at radius 3 is 1.51 bits per heavy atom. The lowest BCUT2D eigenvalue weighted by molar-refractivity contribution is 0.661. The van der Waals surface area contributed by atoms with E-state index in [1.807, 2.05) is 24.5 Å². The number of fused-ring (bicyclic) bond motifs is 15. The number of pyridine rings is 2. The van der Waals surface area contributed by atoms with Crippen LogP contribution in [0, 0.1) is 0 Å². The summed E-state index contributed by atoms with van der Waals surface area (Å²) in [6.07, 6.45) is 3.76. The first-order chi connectivity index (χ1) is 33.5. The van der Waals surface area contributed by atoms with Crippen LogP contribution in [0.4, 0.5) is 0 Å². The van der Waals surface area contributed by atoms with Crippen molar-refractivity contribution in [2.24, 2.45) is 0 Å². The van der Waals surface area contributed by atoms with E-state index in [1.165, 1.54) is 104 Å². The van der Waals surface area contributed by atoms with Crippen LogP contribution < -0.4 is 0 Å². The largest absolute Gasteiger partial charge is 0.309 e. The zero-order valence-corrected chi connectivity index (χ0v) is 37.4. The minimum atomic E-state index is -0.225. The van der Waals surface area contributed by atoms with Gasteiger partial charge in [-0.3, -0.25) is 9.13 Å². The van der Waals surface area contributed by atoms with E-state index >= 15 is 0 Å². The molecule has 68 heavy (non-hydrogen) atoms. The fraction of sp³-hybridized carbons (Fsp3) is 0.0476. The maximum absolute atomic E-state index is 4.95. The second kappa shape index (κ2) is 13.6. The van der Waals surface area contributed by atoms with E-state index in [0.29, 0.717) is 0 Å². The van der Waals surface area contributed by atoms with Crippen molar-refractivity contribution < 1.29 is 0 Å². The zero-order chi connectivity index (χ0) is 44.8. The highest BCUT2D eigenvalue weighted by Crippen LogP contribution is 2.52. The molecule has 1 aliphatic carbocycles. The predicted octanol–water partition coefficient (Wildman–Crippen LogP) is 16.0. The van der Waals surface area contributed by atoms with Gasteiger partial charge in [-0.1, -0.05) is 135 Å². The third-order valence-corrected chi connectivity index (χ3v) is 15.1. The molecule has 0 amide bonds. The Balaban J connectivity index is 0.924. The van der Waals surface area contributed by atoms with Crippen molar-refractivity contribution in [3.8, 4) is 39.6 Å². The fourth-order valence-electron chi connectivity index (χ4n) is 12.0. The second-order valence-electron chi connectivity index (χ2n) is 19.0. The van der Waals surface area contributed by atoms with Crippen LogP contribution in [0.1, 0.15) is 25.0 Å². The zero-order valence-electron chi connectivity index (χ0n) is 37.4. The van der Waals surface area contributed by atoms with E-state index in [2.05, 4.69) is 216 Å². The smallest absolute Gasteiger partial charge is 0.137 e. The van der Waals surface area contributed by atoms with Gasteiger partial charge in [-0.15, -0.1) is 0 Å². The van der Waals surface area contributed by atoms with E-state index in [9.17, 15) is 0 Å². The summed E-state index contributed by atoms with van der Waals surface area (Å²) in [5, 5.41) is 12.3. The van der Waals surface area contributed by atoms with Gasteiger partial charge in [0.25, 0.3) is 0 Å². The average Bonchev–Trinajstić information content (AvgIpc) is 4.07. The van der Waals surface area contributed by atoms with Crippen LogP contribution in [0.2, 0.25) is 0 Å². The number of hydrogen-bond donors (Lipinski definition) is 0. The lowest BCUT2D eigenvalue weighted by Crippen LogP contribution is -2.15. The summed E-state index contributed by atoms with van der Waals surface area (Å²) in [4.78, 5) is 9.76. The number of aromatic nitrogens is 5. The van der Waals surface area contributed by atoms with Crippen LogP contribution in [0.5, 0.6) is 0 Å². The number of nitrogens with zero attached hydrogens (tertiary/aromatic N) is 5. The van der Waals surface area contributed by atoms with Crippen LogP contribution in [-0.4, -0.2) is 23.7 Å². The number of rotatable bonds is 4. The molecule has 318 valence electrons. The molecule has 0 atom stereocenters. The number of hydrogen-bond acceptors (Lipinski definition) is 2. The molecule has 0 unspecified atom stereocenters. The normalized spacial score (nSPS) is 13.3. The Morgan fingerprint density at radius 2 is 0.824 bits per heavy atom. The van der Waals surface area contributed by atoms with E-state index < -0.39 is 0 Å². The van der Waals surface area contributed by atoms with Gasteiger partial charge >= 0.3 is 0 Å². The van der Waals surface area contributed by atoms with Crippen molar-refractivity contribution in [2.75, 3.05) is 0 Å². The molecule has 5 nitrogen and oxygen atoms in total. The predicted molar refractivity (Wildman–Crippen MR) is 283 cm³/mol. The summed E-state index contributed by atoms with van der Waals surface area (Å²) in [5.74, 6) is 1.80. The number of benzene rings is 9. The Hall–Kier alpha value is -8.80. The van der Waals surface area contributed by atoms with E-state index in [4.69, 9.17) is 9.97 Å². The monoisotopic (exact) mass is 867 g/mol. The molecule has 0 fully saturated rings. The van der Waals surface area contributed by atoms with Crippen molar-refractivity contribution in [3.05, 3.63) is 224 Å². The number of para-hydroxylation sites is 2. The Morgan fingerprint density at radius 1 is 0.324 bits per heavy atom. The summed E-state index contributed by atoms with van der Waals surface area (Å²) < 4.78 is 7.15. The summed E-state index contributed by atoms with van der Waals surface area (Å²) in [7, 11) is 0. The Kier molecular flexibility index (Phi) is 7.50. The first-order valence-corrected chi connectivity index (χ1v) is 23.5. The Bertz CT molecular complexity index is 4450. The van der Waals surface area contributed by atoms with E-state index in [-0.39, 0.29) is 5.41 Å². The van der Waals surface area contributed by atoms with Gasteiger partial charge in [0.05, 0.1) is 38.8 Å². The minimum Gasteiger partial charge on any atom is -0.309 e. The quantitative estimate of drug-likeness (QED) is 0.165. The molecule has 0 radical (unpaired) electrons. The third-order valence-electron chi connectivity index (χ3n) is 15.1. The maximum atomic E-state index is 4.95. The van der Waals surface area contributed by atoms with Gasteiger partial charge in [-0.05, 0) is 128 Å². The molecule has 9 aromatic carbocycles. The standard InChI is InChI=1S/C63H41N5/c1-63(2)52-31-38(25-27-43(52)48-35-58-49(34-53(48)63)45-19-7-9-21-54(45)66(58)56-33-40-15-3-4-16-41(40)42-17-5-6-18-44(42)56)39-26-28-47-51-37-59-50(36-60(51)68(57(47)32-39)62-24-12-14-30-65-62)46-20-8-10-22-55(46)67(59)61-23-11-13-29-64-61/h3-37H,1-2H3. The molecule has 1 aliphatic rings. The van der Waals surface area contributed by atoms with Crippen LogP contribution in [-0.2, 0) is 5.41 Å². The SMILES string of the molecule is CC1(C)c2cc(-c3ccc4c5cc6c(cc5n(-c5ccccn5)c4c3)c3ccccc3n6-c3ccccn3)ccc2-c2cc3c(cc21)c1ccccc1n3-c1cc2ccccc2c2ccccc12. The highest BCUT2D eigenvalue weighted by atomic mass is 15.1. The molecule has 5 heteroatoms. The topological polar surface area (TPSA) is 40.6 Å². The highest BCUT2D eigenvalue weighted by Gasteiger charge is 2.37. The molecule has 0 aliphatic heterocycles. The molecule has 15 rings (SSSR count). The van der Waals surface area contributed by atoms with E-state index in [0.717, 1.165) is 33.7 Å². The Labute approximate surface area is 391 Å². The summed E-state index contributed by atoms with van der Waals surface area (Å²) in [6, 6.07) is 73.7. The summed E-state index contributed by atoms with van der Waals surface area (Å²) >= 11 is 0. The van der Waals surface area contributed by atoms with Gasteiger partial charge in [0.1, 0.15) is 11.6 Å². The van der Waals surface area contributed by atoms with Gasteiger partial charge in [0.2, 0.25) is 0 Å². The lowest BCUT2D eigenvalue weighted by Gasteiger charge is -2.22. The molecular formula is C63H41N5. The van der Waals surface area contributed by atoms with Crippen molar-refractivity contribution in [3.63, 3.8) is 0 Å². The molecule has 14 aromatic rings. The molecule has 0 saturated carbocycles. The van der Waals surface area contributed by atoms with Crippen molar-refractivity contribution in [1.82, 2.24) is 23.7 Å². The molecule has 0 bridgehead atoms. The molecule has 0 spiro atoms. The fourth-order valence-corrected chi connectivity index (χ4v) is 12.0. The van der Waals surface area contributed by atoms with Crippen molar-refractivity contribution in [1.29, 1.82) is 0 Å². The molecule has 0 saturated heterocycles. The highest BCUT2D eigenvalue weighted by molar-refractivity contribution is 6.20. The van der Waals surface area contributed by atoms with Crippen LogP contribution >= 0.6 is 0 Å². The summed E-state index contributed by atoms with van der Waals surface area (Å²) in [5.41, 5.74) is 15.6. The molecule has 0 N–H and O–H groups in total. The molecular weight excluding hydrogens is 827 g/mol. The van der Waals surface area contributed by atoms with Gasteiger partial charge in [-0.2, -0.15) is 0 Å². The molecule has 5 aromatic heterocycles. The van der Waals surface area contributed by atoms with E-state index in [1.54, 1.807) is 0 Å². The van der Waals surface area contributed by atoms with Crippen LogP contribution in [0.25, 0.3) is 127 Å².